The lowest BCUT2D eigenvalue weighted by molar-refractivity contribution is 0.00578. The fourth-order valence-electron chi connectivity index (χ4n) is 1.73. The van der Waals surface area contributed by atoms with E-state index in [1.54, 1.807) is 6.92 Å². The second-order valence-electron chi connectivity index (χ2n) is 5.41. The Hall–Kier alpha value is -1.34. The van der Waals surface area contributed by atoms with E-state index < -0.39 is 24.3 Å². The summed E-state index contributed by atoms with van der Waals surface area (Å²) >= 11 is 0. The molecule has 1 aromatic rings. The molecule has 1 aliphatic rings. The smallest absolute Gasteiger partial charge is 0.462 e. The number of aromatic nitrogens is 1. The average Bonchev–Trinajstić information content (AvgIpc) is 2.82. The number of esters is 1. The van der Waals surface area contributed by atoms with Crippen LogP contribution in [0.5, 0.6) is 0 Å². The summed E-state index contributed by atoms with van der Waals surface area (Å²) in [6, 6.07) is 0. The highest BCUT2D eigenvalue weighted by atomic mass is 16.7. The Kier molecular flexibility index (Phi) is 3.44. The molecule has 0 N–H and O–H groups in total. The van der Waals surface area contributed by atoms with Gasteiger partial charge >= 0.3 is 13.1 Å². The number of ether oxygens (including phenoxy) is 1. The van der Waals surface area contributed by atoms with Crippen LogP contribution in [-0.2, 0) is 14.0 Å². The molecule has 2 rings (SSSR count). The molecule has 0 aliphatic carbocycles. The Morgan fingerprint density at radius 2 is 1.89 bits per heavy atom. The molecule has 0 saturated carbocycles. The fraction of sp³-hybridized carbons (Fsp3) is 0.667. The number of hydrogen-bond acceptors (Lipinski definition) is 6. The monoisotopic (exact) mass is 267 g/mol. The summed E-state index contributed by atoms with van der Waals surface area (Å²) in [5, 5.41) is 3.63. The quantitative estimate of drug-likeness (QED) is 0.604. The van der Waals surface area contributed by atoms with Gasteiger partial charge in [-0.2, -0.15) is 0 Å². The molecule has 1 aliphatic heterocycles. The second kappa shape index (κ2) is 4.65. The SMILES string of the molecule is CCOC(=O)c1cnoc1B1OC(C)(C)C(C)(C)O1. The van der Waals surface area contributed by atoms with Crippen molar-refractivity contribution < 1.29 is 23.4 Å². The van der Waals surface area contributed by atoms with Gasteiger partial charge in [-0.05, 0) is 34.6 Å². The molecular weight excluding hydrogens is 249 g/mol. The molecule has 0 amide bonds. The van der Waals surface area contributed by atoms with E-state index in [0.29, 0.717) is 0 Å². The predicted octanol–water partition coefficient (Wildman–Crippen LogP) is 1.15. The van der Waals surface area contributed by atoms with E-state index in [1.165, 1.54) is 6.20 Å². The molecule has 0 bridgehead atoms. The summed E-state index contributed by atoms with van der Waals surface area (Å²) < 4.78 is 21.7. The molecule has 1 fully saturated rings. The maximum atomic E-state index is 11.8. The zero-order valence-electron chi connectivity index (χ0n) is 11.9. The van der Waals surface area contributed by atoms with Gasteiger partial charge in [0.15, 0.2) is 5.66 Å². The van der Waals surface area contributed by atoms with Crippen molar-refractivity contribution in [1.82, 2.24) is 5.16 Å². The van der Waals surface area contributed by atoms with E-state index >= 15 is 0 Å². The topological polar surface area (TPSA) is 70.8 Å². The Balaban J connectivity index is 2.26. The lowest BCUT2D eigenvalue weighted by atomic mass is 9.83. The number of carbonyl (C=O) groups is 1. The van der Waals surface area contributed by atoms with E-state index in [9.17, 15) is 4.79 Å². The van der Waals surface area contributed by atoms with Gasteiger partial charge in [-0.25, -0.2) is 4.79 Å². The van der Waals surface area contributed by atoms with Crippen molar-refractivity contribution in [2.45, 2.75) is 45.8 Å². The predicted molar refractivity (Wildman–Crippen MR) is 68.2 cm³/mol. The molecular formula is C12H18BNO5. The van der Waals surface area contributed by atoms with E-state index in [-0.39, 0.29) is 17.8 Å². The summed E-state index contributed by atoms with van der Waals surface area (Å²) in [5.41, 5.74) is -0.523. The molecule has 6 nitrogen and oxygen atoms in total. The van der Waals surface area contributed by atoms with Crippen LogP contribution in [0.2, 0.25) is 0 Å². The van der Waals surface area contributed by atoms with Gasteiger partial charge in [-0.15, -0.1) is 0 Å². The van der Waals surface area contributed by atoms with Gasteiger partial charge in [-0.3, -0.25) is 0 Å². The zero-order chi connectivity index (χ0) is 14.3. The third kappa shape index (κ3) is 2.40. The highest BCUT2D eigenvalue weighted by molar-refractivity contribution is 6.62. The minimum Gasteiger partial charge on any atom is -0.462 e. The van der Waals surface area contributed by atoms with Gasteiger partial charge in [0.2, 0.25) is 0 Å². The van der Waals surface area contributed by atoms with Crippen molar-refractivity contribution in [1.29, 1.82) is 0 Å². The lowest BCUT2D eigenvalue weighted by Gasteiger charge is -2.32. The summed E-state index contributed by atoms with van der Waals surface area (Å²) in [4.78, 5) is 11.8. The first-order valence-corrected chi connectivity index (χ1v) is 6.26. The normalized spacial score (nSPS) is 20.6. The number of carbonyl (C=O) groups excluding carboxylic acids is 1. The van der Waals surface area contributed by atoms with E-state index in [0.717, 1.165) is 0 Å². The standard InChI is InChI=1S/C12H18BNO5/c1-6-16-10(15)8-7-14-17-9(8)13-18-11(2,3)12(4,5)19-13/h7H,6H2,1-5H3. The van der Waals surface area contributed by atoms with Crippen molar-refractivity contribution >= 4 is 18.7 Å². The molecule has 0 aromatic carbocycles. The Morgan fingerprint density at radius 1 is 1.32 bits per heavy atom. The highest BCUT2D eigenvalue weighted by Crippen LogP contribution is 2.36. The largest absolute Gasteiger partial charge is 0.536 e. The molecule has 0 radical (unpaired) electrons. The van der Waals surface area contributed by atoms with Crippen LogP contribution >= 0.6 is 0 Å². The van der Waals surface area contributed by atoms with Crippen molar-refractivity contribution in [3.63, 3.8) is 0 Å². The Morgan fingerprint density at radius 3 is 2.42 bits per heavy atom. The fourth-order valence-corrected chi connectivity index (χ4v) is 1.73. The van der Waals surface area contributed by atoms with Gasteiger partial charge in [-0.1, -0.05) is 5.16 Å². The van der Waals surface area contributed by atoms with Crippen molar-refractivity contribution in [3.05, 3.63) is 11.8 Å². The van der Waals surface area contributed by atoms with Crippen molar-refractivity contribution in [2.24, 2.45) is 0 Å². The summed E-state index contributed by atoms with van der Waals surface area (Å²) in [6.07, 6.45) is 1.32. The third-order valence-corrected chi connectivity index (χ3v) is 3.56. The van der Waals surface area contributed by atoms with E-state index in [4.69, 9.17) is 18.6 Å². The molecule has 0 unspecified atom stereocenters. The van der Waals surface area contributed by atoms with E-state index in [1.807, 2.05) is 27.7 Å². The van der Waals surface area contributed by atoms with Crippen LogP contribution in [0.15, 0.2) is 10.7 Å². The Labute approximate surface area is 112 Å². The summed E-state index contributed by atoms with van der Waals surface area (Å²) in [6.45, 7) is 9.72. The zero-order valence-corrected chi connectivity index (χ0v) is 11.9. The van der Waals surface area contributed by atoms with Crippen LogP contribution in [0.1, 0.15) is 45.0 Å². The molecule has 7 heteroatoms. The first kappa shape index (κ1) is 14.1. The molecule has 104 valence electrons. The molecule has 0 atom stereocenters. The van der Waals surface area contributed by atoms with Crippen LogP contribution < -0.4 is 5.66 Å². The summed E-state index contributed by atoms with van der Waals surface area (Å²) in [7, 11) is -0.757. The minimum atomic E-state index is -0.757. The first-order valence-electron chi connectivity index (χ1n) is 6.26. The molecule has 0 spiro atoms. The number of rotatable bonds is 3. The third-order valence-electron chi connectivity index (χ3n) is 3.56. The van der Waals surface area contributed by atoms with Crippen LogP contribution in [0.3, 0.4) is 0 Å². The van der Waals surface area contributed by atoms with Crippen molar-refractivity contribution in [2.75, 3.05) is 6.61 Å². The average molecular weight is 267 g/mol. The van der Waals surface area contributed by atoms with Crippen molar-refractivity contribution in [3.8, 4) is 0 Å². The number of nitrogens with zero attached hydrogens (tertiary/aromatic N) is 1. The van der Waals surface area contributed by atoms with Crippen LogP contribution in [0.25, 0.3) is 0 Å². The van der Waals surface area contributed by atoms with Gasteiger partial charge in [0.1, 0.15) is 5.56 Å². The minimum absolute atomic E-state index is 0.236. The van der Waals surface area contributed by atoms with Gasteiger partial charge < -0.3 is 18.6 Å². The maximum absolute atomic E-state index is 11.8. The molecule has 1 aromatic heterocycles. The Bertz CT molecular complexity index is 466. The molecule has 1 saturated heterocycles. The van der Waals surface area contributed by atoms with Crippen LogP contribution in [-0.4, -0.2) is 36.1 Å². The van der Waals surface area contributed by atoms with E-state index in [2.05, 4.69) is 5.16 Å². The lowest BCUT2D eigenvalue weighted by Crippen LogP contribution is -2.41. The summed E-state index contributed by atoms with van der Waals surface area (Å²) in [5.74, 6) is -0.492. The molecule has 19 heavy (non-hydrogen) atoms. The van der Waals surface area contributed by atoms with Gasteiger partial charge in [0.05, 0.1) is 24.0 Å². The van der Waals surface area contributed by atoms with Crippen LogP contribution in [0, 0.1) is 0 Å². The van der Waals surface area contributed by atoms with Gasteiger partial charge in [0, 0.05) is 0 Å². The molecule has 2 heterocycles. The number of hydrogen-bond donors (Lipinski definition) is 0. The maximum Gasteiger partial charge on any atom is 0.536 e. The van der Waals surface area contributed by atoms with Crippen LogP contribution in [0.4, 0.5) is 0 Å². The van der Waals surface area contributed by atoms with Gasteiger partial charge in [0.25, 0.3) is 0 Å². The second-order valence-corrected chi connectivity index (χ2v) is 5.41. The highest BCUT2D eigenvalue weighted by Gasteiger charge is 2.54. The first-order chi connectivity index (χ1) is 8.78.